The van der Waals surface area contributed by atoms with Gasteiger partial charge in [-0.05, 0) is 49.2 Å². The van der Waals surface area contributed by atoms with Crippen LogP contribution in [0.1, 0.15) is 29.0 Å². The summed E-state index contributed by atoms with van der Waals surface area (Å²) in [4.78, 5) is 39.6. The van der Waals surface area contributed by atoms with Gasteiger partial charge >= 0.3 is 5.97 Å². The van der Waals surface area contributed by atoms with Crippen molar-refractivity contribution in [2.75, 3.05) is 31.2 Å². The minimum absolute atomic E-state index is 0.0131. The lowest BCUT2D eigenvalue weighted by Gasteiger charge is -2.31. The van der Waals surface area contributed by atoms with Crippen molar-refractivity contribution < 1.29 is 19.1 Å². The molecule has 4 rings (SSSR count). The van der Waals surface area contributed by atoms with Crippen molar-refractivity contribution in [1.29, 1.82) is 0 Å². The average Bonchev–Trinajstić information content (AvgIpc) is 2.87. The summed E-state index contributed by atoms with van der Waals surface area (Å²) in [5.41, 5.74) is 7.00. The number of ether oxygens (including phenoxy) is 2. The van der Waals surface area contributed by atoms with E-state index in [2.05, 4.69) is 20.3 Å². The maximum absolute atomic E-state index is 12.8. The third-order valence-corrected chi connectivity index (χ3v) is 5.78. The predicted octanol–water partition coefficient (Wildman–Crippen LogP) is 3.46. The maximum Gasteiger partial charge on any atom is 0.311 e. The van der Waals surface area contributed by atoms with Crippen LogP contribution in [0.25, 0.3) is 0 Å². The number of methoxy groups -OCH3 is 1. The number of rotatable bonds is 7. The average molecular weight is 497 g/mol. The number of benzene rings is 2. The van der Waals surface area contributed by atoms with Crippen LogP contribution in [0.2, 0.25) is 5.02 Å². The van der Waals surface area contributed by atoms with E-state index in [9.17, 15) is 9.59 Å². The molecule has 2 heterocycles. The lowest BCUT2D eigenvalue weighted by atomic mass is 9.97. The van der Waals surface area contributed by atoms with Crippen LogP contribution in [0.5, 0.6) is 5.75 Å². The summed E-state index contributed by atoms with van der Waals surface area (Å²) in [5.74, 6) is -0.00688. The molecular weight excluding hydrogens is 472 g/mol. The van der Waals surface area contributed by atoms with Crippen LogP contribution in [0.4, 0.5) is 17.6 Å². The molecule has 1 aliphatic rings. The second kappa shape index (κ2) is 11.0. The Bertz CT molecular complexity index is 1210. The zero-order valence-corrected chi connectivity index (χ0v) is 19.9. The number of hydrogen-bond donors (Lipinski definition) is 2. The van der Waals surface area contributed by atoms with Gasteiger partial charge in [-0.15, -0.1) is 0 Å². The molecule has 0 aliphatic carbocycles. The first-order valence-electron chi connectivity index (χ1n) is 11.0. The topological polar surface area (TPSA) is 133 Å². The molecule has 0 unspecified atom stereocenters. The van der Waals surface area contributed by atoms with Gasteiger partial charge in [0.05, 0.1) is 18.7 Å². The molecule has 3 N–H and O–H groups in total. The molecule has 1 aromatic heterocycles. The Balaban J connectivity index is 1.37. The number of para-hydroxylation sites is 2. The Morgan fingerprint density at radius 3 is 2.69 bits per heavy atom. The van der Waals surface area contributed by atoms with Crippen LogP contribution in [-0.4, -0.2) is 51.9 Å². The lowest BCUT2D eigenvalue weighted by Crippen LogP contribution is -2.42. The molecule has 1 atom stereocenters. The monoisotopic (exact) mass is 496 g/mol. The summed E-state index contributed by atoms with van der Waals surface area (Å²) in [5, 5.41) is 3.59. The van der Waals surface area contributed by atoms with E-state index in [0.29, 0.717) is 41.4 Å². The van der Waals surface area contributed by atoms with E-state index in [-0.39, 0.29) is 36.8 Å². The summed E-state index contributed by atoms with van der Waals surface area (Å²) in [6.45, 7) is 0.682. The first-order chi connectivity index (χ1) is 16.9. The quantitative estimate of drug-likeness (QED) is 0.472. The molecule has 10 nitrogen and oxygen atoms in total. The fraction of sp³-hybridized carbons (Fsp3) is 0.292. The van der Waals surface area contributed by atoms with Crippen LogP contribution in [0.15, 0.2) is 48.5 Å². The first-order valence-corrected chi connectivity index (χ1v) is 11.4. The molecule has 11 heteroatoms. The number of nitrogens with zero attached hydrogens (tertiary/aromatic N) is 4. The third-order valence-electron chi connectivity index (χ3n) is 5.53. The van der Waals surface area contributed by atoms with Crippen LogP contribution >= 0.6 is 11.6 Å². The zero-order valence-electron chi connectivity index (χ0n) is 19.1. The van der Waals surface area contributed by atoms with Crippen molar-refractivity contribution in [2.24, 2.45) is 5.92 Å². The molecule has 1 saturated heterocycles. The summed E-state index contributed by atoms with van der Waals surface area (Å²) >= 11 is 5.91. The van der Waals surface area contributed by atoms with Crippen LogP contribution in [0.3, 0.4) is 0 Å². The number of hydrogen-bond acceptors (Lipinski definition) is 9. The molecular formula is C24H25ClN6O4. The fourth-order valence-corrected chi connectivity index (χ4v) is 3.94. The Morgan fingerprint density at radius 1 is 1.14 bits per heavy atom. The highest BCUT2D eigenvalue weighted by Crippen LogP contribution is 2.26. The van der Waals surface area contributed by atoms with E-state index in [4.69, 9.17) is 26.8 Å². The van der Waals surface area contributed by atoms with Gasteiger partial charge in [-0.1, -0.05) is 23.7 Å². The molecule has 2 aromatic carbocycles. The van der Waals surface area contributed by atoms with E-state index in [0.717, 1.165) is 0 Å². The van der Waals surface area contributed by atoms with Crippen molar-refractivity contribution in [2.45, 2.75) is 19.4 Å². The Hall–Kier alpha value is -3.92. The van der Waals surface area contributed by atoms with Crippen molar-refractivity contribution >= 4 is 41.1 Å². The number of aromatic nitrogens is 3. The number of nitrogens with two attached hydrogens (primary N) is 1. The first kappa shape index (κ1) is 24.2. The van der Waals surface area contributed by atoms with Gasteiger partial charge in [-0.25, -0.2) is 0 Å². The van der Waals surface area contributed by atoms with Gasteiger partial charge in [-0.3, -0.25) is 9.59 Å². The standard InChI is InChI=1S/C24H25ClN6O4/c1-34-19-7-3-2-6-18(19)27-24-29-20(28-23(26)30-24)14-35-22(33)16-5-4-12-31(13-16)21(32)15-8-10-17(25)11-9-15/h2-3,6-11,16H,4-5,12-14H2,1H3,(H3,26,27,28,29,30)/t16-/m0/s1. The van der Waals surface area contributed by atoms with Crippen molar-refractivity contribution in [3.63, 3.8) is 0 Å². The summed E-state index contributed by atoms with van der Waals surface area (Å²) < 4.78 is 10.8. The second-order valence-corrected chi connectivity index (χ2v) is 8.40. The van der Waals surface area contributed by atoms with Gasteiger partial charge in [0.2, 0.25) is 11.9 Å². The third kappa shape index (κ3) is 6.15. The Morgan fingerprint density at radius 2 is 1.91 bits per heavy atom. The van der Waals surface area contributed by atoms with Crippen LogP contribution in [-0.2, 0) is 16.1 Å². The molecule has 0 radical (unpaired) electrons. The molecule has 1 amide bonds. The highest BCUT2D eigenvalue weighted by Gasteiger charge is 2.30. The number of carbonyl (C=O) groups excluding carboxylic acids is 2. The number of piperidine rings is 1. The smallest absolute Gasteiger partial charge is 0.311 e. The minimum atomic E-state index is -0.439. The summed E-state index contributed by atoms with van der Waals surface area (Å²) in [7, 11) is 1.56. The van der Waals surface area contributed by atoms with Gasteiger partial charge in [0.1, 0.15) is 5.75 Å². The van der Waals surface area contributed by atoms with Crippen molar-refractivity contribution in [3.05, 3.63) is 64.9 Å². The zero-order chi connectivity index (χ0) is 24.8. The van der Waals surface area contributed by atoms with Gasteiger partial charge in [-0.2, -0.15) is 15.0 Å². The van der Waals surface area contributed by atoms with Crippen LogP contribution in [0, 0.1) is 5.92 Å². The van der Waals surface area contributed by atoms with Gasteiger partial charge in [0.25, 0.3) is 5.91 Å². The molecule has 0 saturated carbocycles. The number of amides is 1. The lowest BCUT2D eigenvalue weighted by molar-refractivity contribution is -0.151. The number of anilines is 3. The molecule has 1 aliphatic heterocycles. The molecule has 3 aromatic rings. The molecule has 0 bridgehead atoms. The fourth-order valence-electron chi connectivity index (χ4n) is 3.81. The second-order valence-electron chi connectivity index (χ2n) is 7.96. The molecule has 35 heavy (non-hydrogen) atoms. The Labute approximate surface area is 207 Å². The maximum atomic E-state index is 12.8. The van der Waals surface area contributed by atoms with E-state index < -0.39 is 11.9 Å². The number of carbonyl (C=O) groups is 2. The van der Waals surface area contributed by atoms with Crippen molar-refractivity contribution in [1.82, 2.24) is 19.9 Å². The number of nitrogen functional groups attached to an aromatic ring is 1. The number of esters is 1. The Kier molecular flexibility index (Phi) is 7.61. The minimum Gasteiger partial charge on any atom is -0.495 e. The highest BCUT2D eigenvalue weighted by molar-refractivity contribution is 6.30. The SMILES string of the molecule is COc1ccccc1Nc1nc(N)nc(COC(=O)[C@H]2CCCN(C(=O)c3ccc(Cl)cc3)C2)n1. The van der Waals surface area contributed by atoms with Crippen LogP contribution < -0.4 is 15.8 Å². The van der Waals surface area contributed by atoms with E-state index >= 15 is 0 Å². The number of likely N-dealkylation sites (tertiary alicyclic amines) is 1. The number of nitrogens with one attached hydrogen (secondary N) is 1. The molecule has 0 spiro atoms. The van der Waals surface area contributed by atoms with E-state index in [1.54, 1.807) is 48.4 Å². The van der Waals surface area contributed by atoms with E-state index in [1.165, 1.54) is 0 Å². The van der Waals surface area contributed by atoms with Gasteiger partial charge in [0, 0.05) is 23.7 Å². The largest absolute Gasteiger partial charge is 0.495 e. The predicted molar refractivity (Wildman–Crippen MR) is 130 cm³/mol. The van der Waals surface area contributed by atoms with Gasteiger partial charge < -0.3 is 25.4 Å². The normalized spacial score (nSPS) is 15.4. The molecule has 182 valence electrons. The van der Waals surface area contributed by atoms with Crippen molar-refractivity contribution in [3.8, 4) is 5.75 Å². The summed E-state index contributed by atoms with van der Waals surface area (Å²) in [6, 6.07) is 14.0. The number of halogens is 1. The summed E-state index contributed by atoms with van der Waals surface area (Å²) in [6.07, 6.45) is 1.33. The van der Waals surface area contributed by atoms with E-state index in [1.807, 2.05) is 12.1 Å². The van der Waals surface area contributed by atoms with Gasteiger partial charge in [0.15, 0.2) is 12.4 Å². The molecule has 1 fully saturated rings. The highest BCUT2D eigenvalue weighted by atomic mass is 35.5.